The molecule has 2 N–H and O–H groups in total. The van der Waals surface area contributed by atoms with Crippen molar-refractivity contribution < 1.29 is 13.9 Å². The zero-order valence-corrected chi connectivity index (χ0v) is 9.83. The van der Waals surface area contributed by atoms with Gasteiger partial charge in [-0.15, -0.1) is 0 Å². The van der Waals surface area contributed by atoms with E-state index in [2.05, 4.69) is 0 Å². The van der Waals surface area contributed by atoms with Gasteiger partial charge in [0.15, 0.2) is 0 Å². The van der Waals surface area contributed by atoms with E-state index in [0.717, 1.165) is 11.0 Å². The van der Waals surface area contributed by atoms with Gasteiger partial charge in [0.05, 0.1) is 12.6 Å². The summed E-state index contributed by atoms with van der Waals surface area (Å²) in [4.78, 5) is 12.9. The molecule has 94 valence electrons. The summed E-state index contributed by atoms with van der Waals surface area (Å²) < 4.78 is 10.5. The molecule has 1 aromatic carbocycles. The van der Waals surface area contributed by atoms with E-state index in [1.807, 2.05) is 30.3 Å². The summed E-state index contributed by atoms with van der Waals surface area (Å²) in [7, 11) is 0. The van der Waals surface area contributed by atoms with Gasteiger partial charge >= 0.3 is 6.09 Å². The highest BCUT2D eigenvalue weighted by Crippen LogP contribution is 2.23. The predicted molar refractivity (Wildman–Crippen MR) is 66.1 cm³/mol. The second-order valence-electron chi connectivity index (χ2n) is 4.35. The molecule has 3 rings (SSSR count). The zero-order valence-electron chi connectivity index (χ0n) is 9.83. The van der Waals surface area contributed by atoms with Crippen LogP contribution in [0.4, 0.5) is 4.79 Å². The van der Waals surface area contributed by atoms with E-state index < -0.39 is 0 Å². The van der Waals surface area contributed by atoms with Gasteiger partial charge in [-0.2, -0.15) is 0 Å². The maximum absolute atomic E-state index is 11.3. The number of hydrogen-bond donors (Lipinski definition) is 1. The Morgan fingerprint density at radius 2 is 2.22 bits per heavy atom. The van der Waals surface area contributed by atoms with E-state index in [0.29, 0.717) is 25.5 Å². The lowest BCUT2D eigenvalue weighted by molar-refractivity contribution is 0.156. The minimum Gasteiger partial charge on any atom is -0.459 e. The topological polar surface area (TPSA) is 68.7 Å². The Hall–Kier alpha value is -2.01. The van der Waals surface area contributed by atoms with Crippen LogP contribution in [0.5, 0.6) is 0 Å². The Morgan fingerprint density at radius 3 is 2.94 bits per heavy atom. The Labute approximate surface area is 104 Å². The van der Waals surface area contributed by atoms with Crippen molar-refractivity contribution in [1.29, 1.82) is 0 Å². The second-order valence-corrected chi connectivity index (χ2v) is 4.35. The molecule has 0 aliphatic carbocycles. The average molecular weight is 246 g/mol. The summed E-state index contributed by atoms with van der Waals surface area (Å²) in [5.74, 6) is 0.691. The molecule has 18 heavy (non-hydrogen) atoms. The van der Waals surface area contributed by atoms with Crippen LogP contribution in [0.1, 0.15) is 11.8 Å². The van der Waals surface area contributed by atoms with Gasteiger partial charge in [0.2, 0.25) is 0 Å². The van der Waals surface area contributed by atoms with Crippen LogP contribution in [0, 0.1) is 0 Å². The average Bonchev–Trinajstić information content (AvgIpc) is 2.96. The summed E-state index contributed by atoms with van der Waals surface area (Å²) in [6, 6.07) is 9.32. The quantitative estimate of drug-likeness (QED) is 0.897. The standard InChI is InChI=1S/C13H14N2O3/c14-10(8-15-5-6-17-13(15)16)12-7-9-3-1-2-4-11(9)18-12/h1-4,7,10H,5-6,8,14H2. The first-order valence-corrected chi connectivity index (χ1v) is 5.90. The van der Waals surface area contributed by atoms with E-state index >= 15 is 0 Å². The van der Waals surface area contributed by atoms with Crippen molar-refractivity contribution in [2.24, 2.45) is 5.73 Å². The lowest BCUT2D eigenvalue weighted by Crippen LogP contribution is -2.32. The van der Waals surface area contributed by atoms with Crippen molar-refractivity contribution >= 4 is 17.1 Å². The maximum Gasteiger partial charge on any atom is 0.410 e. The molecule has 0 radical (unpaired) electrons. The molecule has 5 heteroatoms. The highest BCUT2D eigenvalue weighted by atomic mass is 16.6. The van der Waals surface area contributed by atoms with E-state index in [1.54, 1.807) is 4.90 Å². The van der Waals surface area contributed by atoms with Crippen LogP contribution in [-0.4, -0.2) is 30.7 Å². The first-order chi connectivity index (χ1) is 8.74. The molecule has 0 saturated carbocycles. The Balaban J connectivity index is 1.79. The van der Waals surface area contributed by atoms with E-state index in [-0.39, 0.29) is 12.1 Å². The lowest BCUT2D eigenvalue weighted by Gasteiger charge is -2.16. The molecule has 0 bridgehead atoms. The second kappa shape index (κ2) is 4.34. The SMILES string of the molecule is NC(CN1CCOC1=O)c1cc2ccccc2o1. The van der Waals surface area contributed by atoms with Gasteiger partial charge in [0.1, 0.15) is 18.0 Å². The van der Waals surface area contributed by atoms with Crippen molar-refractivity contribution in [2.75, 3.05) is 19.7 Å². The normalized spacial score (nSPS) is 17.2. The number of hydrogen-bond acceptors (Lipinski definition) is 4. The molecule has 1 fully saturated rings. The molecule has 5 nitrogen and oxygen atoms in total. The third-order valence-electron chi connectivity index (χ3n) is 3.07. The predicted octanol–water partition coefficient (Wildman–Crippen LogP) is 1.88. The number of carbonyl (C=O) groups is 1. The number of furan rings is 1. The number of amides is 1. The molecule has 2 aromatic rings. The van der Waals surface area contributed by atoms with Gasteiger partial charge in [-0.25, -0.2) is 4.79 Å². The molecule has 1 amide bonds. The number of benzene rings is 1. The molecule has 1 atom stereocenters. The first kappa shape index (κ1) is 11.1. The number of carbonyl (C=O) groups excluding carboxylic acids is 1. The number of ether oxygens (including phenoxy) is 1. The van der Waals surface area contributed by atoms with Crippen LogP contribution in [0.2, 0.25) is 0 Å². The van der Waals surface area contributed by atoms with Gasteiger partial charge in [0, 0.05) is 11.9 Å². The number of para-hydroxylation sites is 1. The summed E-state index contributed by atoms with van der Waals surface area (Å²) in [6.45, 7) is 1.44. The van der Waals surface area contributed by atoms with Crippen molar-refractivity contribution in [2.45, 2.75) is 6.04 Å². The van der Waals surface area contributed by atoms with Gasteiger partial charge in [-0.3, -0.25) is 0 Å². The molecule has 1 unspecified atom stereocenters. The number of rotatable bonds is 3. The molecular formula is C13H14N2O3. The van der Waals surface area contributed by atoms with Crippen LogP contribution in [0.25, 0.3) is 11.0 Å². The van der Waals surface area contributed by atoms with Gasteiger partial charge in [0.25, 0.3) is 0 Å². The fourth-order valence-electron chi connectivity index (χ4n) is 2.10. The summed E-state index contributed by atoms with van der Waals surface area (Å²) in [5.41, 5.74) is 6.87. The largest absolute Gasteiger partial charge is 0.459 e. The van der Waals surface area contributed by atoms with E-state index in [4.69, 9.17) is 14.9 Å². The van der Waals surface area contributed by atoms with Crippen LogP contribution >= 0.6 is 0 Å². The van der Waals surface area contributed by atoms with Crippen molar-refractivity contribution in [3.63, 3.8) is 0 Å². The first-order valence-electron chi connectivity index (χ1n) is 5.90. The van der Waals surface area contributed by atoms with Gasteiger partial charge < -0.3 is 19.8 Å². The highest BCUT2D eigenvalue weighted by Gasteiger charge is 2.25. The maximum atomic E-state index is 11.3. The Kier molecular flexibility index (Phi) is 2.68. The van der Waals surface area contributed by atoms with Crippen LogP contribution in [-0.2, 0) is 4.74 Å². The van der Waals surface area contributed by atoms with Crippen LogP contribution in [0.3, 0.4) is 0 Å². The summed E-state index contributed by atoms with van der Waals surface area (Å²) in [5, 5.41) is 1.02. The number of cyclic esters (lactones) is 1. The fraction of sp³-hybridized carbons (Fsp3) is 0.308. The minimum atomic E-state index is -0.331. The smallest absolute Gasteiger partial charge is 0.410 e. The monoisotopic (exact) mass is 246 g/mol. The lowest BCUT2D eigenvalue weighted by atomic mass is 10.2. The summed E-state index contributed by atoms with van der Waals surface area (Å²) in [6.07, 6.45) is -0.304. The zero-order chi connectivity index (χ0) is 12.5. The molecule has 1 aromatic heterocycles. The number of nitrogens with zero attached hydrogens (tertiary/aromatic N) is 1. The summed E-state index contributed by atoms with van der Waals surface area (Å²) >= 11 is 0. The van der Waals surface area contributed by atoms with Crippen molar-refractivity contribution in [1.82, 2.24) is 4.90 Å². The minimum absolute atomic E-state index is 0.304. The van der Waals surface area contributed by atoms with E-state index in [1.165, 1.54) is 0 Å². The van der Waals surface area contributed by atoms with Crippen LogP contribution < -0.4 is 5.73 Å². The van der Waals surface area contributed by atoms with Crippen molar-refractivity contribution in [3.8, 4) is 0 Å². The Bertz CT molecular complexity index is 545. The highest BCUT2D eigenvalue weighted by molar-refractivity contribution is 5.77. The third kappa shape index (κ3) is 1.93. The van der Waals surface area contributed by atoms with Crippen molar-refractivity contribution in [3.05, 3.63) is 36.1 Å². The Morgan fingerprint density at radius 1 is 1.39 bits per heavy atom. The van der Waals surface area contributed by atoms with E-state index in [9.17, 15) is 4.79 Å². The number of nitrogens with two attached hydrogens (primary N) is 1. The molecule has 1 saturated heterocycles. The fourth-order valence-corrected chi connectivity index (χ4v) is 2.10. The third-order valence-corrected chi connectivity index (χ3v) is 3.07. The molecule has 2 heterocycles. The molecular weight excluding hydrogens is 232 g/mol. The molecule has 1 aliphatic heterocycles. The van der Waals surface area contributed by atoms with Crippen LogP contribution in [0.15, 0.2) is 34.7 Å². The van der Waals surface area contributed by atoms with Gasteiger partial charge in [-0.05, 0) is 12.1 Å². The molecule has 1 aliphatic rings. The van der Waals surface area contributed by atoms with Gasteiger partial charge in [-0.1, -0.05) is 18.2 Å². The number of fused-ring (bicyclic) bond motifs is 1. The molecule has 0 spiro atoms.